The summed E-state index contributed by atoms with van der Waals surface area (Å²) in [6.07, 6.45) is 2.48. The number of hydrogen-bond acceptors (Lipinski definition) is 3. The number of hydrogen-bond donors (Lipinski definition) is 0. The monoisotopic (exact) mass is 469 g/mol. The van der Waals surface area contributed by atoms with E-state index in [1.54, 1.807) is 47.3 Å². The Kier molecular flexibility index (Phi) is 4.92. The molecule has 4 aromatic rings. The summed E-state index contributed by atoms with van der Waals surface area (Å²) in [4.78, 5) is 31.9. The Morgan fingerprint density at radius 1 is 1.09 bits per heavy atom. The molecule has 5 rings (SSSR count). The van der Waals surface area contributed by atoms with Crippen LogP contribution < -0.4 is 5.43 Å². The third-order valence-electron chi connectivity index (χ3n) is 6.43. The molecule has 1 amide bonds. The van der Waals surface area contributed by atoms with Crippen LogP contribution in [0.5, 0.6) is 0 Å². The molecule has 4 heterocycles. The molecule has 0 aliphatic carbocycles. The molecule has 34 heavy (non-hydrogen) atoms. The molecule has 0 fully saturated rings. The number of imidazole rings is 1. The summed E-state index contributed by atoms with van der Waals surface area (Å²) in [6, 6.07) is 4.29. The minimum Gasteiger partial charge on any atom is -0.350 e. The van der Waals surface area contributed by atoms with Crippen LogP contribution in [0.25, 0.3) is 16.6 Å². The SMILES string of the molecule is Cc1cn(-c2cn3c(cc2=O)CCN(C(C)c2cn(C)c4ccc(C(F)(F)F)cc24)C3=O)cn1. The average molecular weight is 469 g/mol. The number of halogens is 3. The summed E-state index contributed by atoms with van der Waals surface area (Å²) < 4.78 is 44.8. The maximum absolute atomic E-state index is 13.5. The van der Waals surface area contributed by atoms with Crippen LogP contribution in [0.3, 0.4) is 0 Å². The number of amides is 1. The largest absolute Gasteiger partial charge is 0.416 e. The number of nitrogens with zero attached hydrogens (tertiary/aromatic N) is 5. The predicted molar refractivity (Wildman–Crippen MR) is 120 cm³/mol. The molecule has 1 aliphatic heterocycles. The maximum atomic E-state index is 13.5. The van der Waals surface area contributed by atoms with E-state index in [0.29, 0.717) is 40.8 Å². The quantitative estimate of drug-likeness (QED) is 0.446. The second kappa shape index (κ2) is 7.61. The van der Waals surface area contributed by atoms with Gasteiger partial charge in [0.05, 0.1) is 23.6 Å². The highest BCUT2D eigenvalue weighted by Crippen LogP contribution is 2.36. The second-order valence-electron chi connectivity index (χ2n) is 8.63. The van der Waals surface area contributed by atoms with Gasteiger partial charge in [-0.25, -0.2) is 9.78 Å². The number of rotatable bonds is 3. The van der Waals surface area contributed by atoms with Gasteiger partial charge >= 0.3 is 12.2 Å². The van der Waals surface area contributed by atoms with Gasteiger partial charge in [0, 0.05) is 61.3 Å². The zero-order valence-electron chi connectivity index (χ0n) is 18.8. The van der Waals surface area contributed by atoms with Gasteiger partial charge in [-0.2, -0.15) is 13.2 Å². The first-order valence-corrected chi connectivity index (χ1v) is 10.8. The van der Waals surface area contributed by atoms with Gasteiger partial charge in [-0.3, -0.25) is 9.36 Å². The zero-order chi connectivity index (χ0) is 24.4. The normalized spacial score (nSPS) is 15.1. The van der Waals surface area contributed by atoms with E-state index < -0.39 is 17.8 Å². The fraction of sp³-hybridized carbons (Fsp3) is 0.292. The van der Waals surface area contributed by atoms with Crippen LogP contribution in [-0.2, 0) is 19.6 Å². The van der Waals surface area contributed by atoms with Crippen molar-refractivity contribution in [1.82, 2.24) is 23.6 Å². The number of carbonyl (C=O) groups is 1. The minimum atomic E-state index is -4.46. The van der Waals surface area contributed by atoms with Crippen LogP contribution >= 0.6 is 0 Å². The third kappa shape index (κ3) is 3.49. The summed E-state index contributed by atoms with van der Waals surface area (Å²) in [5.74, 6) is 0. The molecular weight excluding hydrogens is 447 g/mol. The minimum absolute atomic E-state index is 0.216. The lowest BCUT2D eigenvalue weighted by molar-refractivity contribution is -0.137. The molecule has 7 nitrogen and oxygen atoms in total. The number of aryl methyl sites for hydroxylation is 2. The second-order valence-corrected chi connectivity index (χ2v) is 8.63. The standard InChI is InChI=1S/C24H22F3N5O2/c1-14-10-30(13-28-14)21-12-32-17(9-22(21)33)6-7-31(23(32)34)15(2)19-11-29(3)20-5-4-16(8-18(19)20)24(25,26)27/h4-5,8-13,15H,6-7H2,1-3H3. The van der Waals surface area contributed by atoms with E-state index in [0.717, 1.165) is 17.8 Å². The van der Waals surface area contributed by atoms with E-state index in [2.05, 4.69) is 4.98 Å². The van der Waals surface area contributed by atoms with Gasteiger partial charge in [-0.05, 0) is 37.6 Å². The molecule has 1 atom stereocenters. The van der Waals surface area contributed by atoms with Crippen molar-refractivity contribution in [3.8, 4) is 5.69 Å². The van der Waals surface area contributed by atoms with E-state index in [9.17, 15) is 22.8 Å². The third-order valence-corrected chi connectivity index (χ3v) is 6.43. The lowest BCUT2D eigenvalue weighted by atomic mass is 10.0. The number of fused-ring (bicyclic) bond motifs is 2. The highest BCUT2D eigenvalue weighted by molar-refractivity contribution is 5.86. The van der Waals surface area contributed by atoms with Crippen LogP contribution in [0.4, 0.5) is 18.0 Å². The van der Waals surface area contributed by atoms with Crippen molar-refractivity contribution >= 4 is 16.9 Å². The van der Waals surface area contributed by atoms with Crippen molar-refractivity contribution < 1.29 is 18.0 Å². The first-order chi connectivity index (χ1) is 16.0. The molecule has 3 aromatic heterocycles. The summed E-state index contributed by atoms with van der Waals surface area (Å²) in [6.45, 7) is 3.95. The molecule has 10 heteroatoms. The van der Waals surface area contributed by atoms with Crippen molar-refractivity contribution in [2.75, 3.05) is 6.54 Å². The Labute approximate surface area is 192 Å². The molecule has 1 aromatic carbocycles. The van der Waals surface area contributed by atoms with Gasteiger partial charge in [0.15, 0.2) is 0 Å². The van der Waals surface area contributed by atoms with Gasteiger partial charge in [0.2, 0.25) is 5.43 Å². The highest BCUT2D eigenvalue weighted by Gasteiger charge is 2.33. The smallest absolute Gasteiger partial charge is 0.350 e. The van der Waals surface area contributed by atoms with Gasteiger partial charge < -0.3 is 14.0 Å². The molecule has 0 saturated heterocycles. The Morgan fingerprint density at radius 2 is 1.85 bits per heavy atom. The fourth-order valence-electron chi connectivity index (χ4n) is 4.61. The van der Waals surface area contributed by atoms with Gasteiger partial charge in [0.25, 0.3) is 0 Å². The number of aromatic nitrogens is 4. The van der Waals surface area contributed by atoms with E-state index in [1.165, 1.54) is 29.2 Å². The molecule has 176 valence electrons. The van der Waals surface area contributed by atoms with Crippen molar-refractivity contribution in [3.05, 3.63) is 81.9 Å². The summed E-state index contributed by atoms with van der Waals surface area (Å²) >= 11 is 0. The molecule has 1 unspecified atom stereocenters. The Morgan fingerprint density at radius 3 is 2.53 bits per heavy atom. The fourth-order valence-corrected chi connectivity index (χ4v) is 4.61. The van der Waals surface area contributed by atoms with Crippen LogP contribution in [-0.4, -0.2) is 36.2 Å². The maximum Gasteiger partial charge on any atom is 0.416 e. The molecule has 0 radical (unpaired) electrons. The van der Waals surface area contributed by atoms with Crippen molar-refractivity contribution in [2.45, 2.75) is 32.5 Å². The van der Waals surface area contributed by atoms with Crippen molar-refractivity contribution in [3.63, 3.8) is 0 Å². The lowest BCUT2D eigenvalue weighted by Crippen LogP contribution is -2.44. The van der Waals surface area contributed by atoms with Crippen LogP contribution in [0.1, 0.15) is 35.5 Å². The van der Waals surface area contributed by atoms with Crippen molar-refractivity contribution in [1.29, 1.82) is 0 Å². The first kappa shape index (κ1) is 22.0. The van der Waals surface area contributed by atoms with E-state index >= 15 is 0 Å². The predicted octanol–water partition coefficient (Wildman–Crippen LogP) is 4.44. The van der Waals surface area contributed by atoms with Crippen LogP contribution in [0, 0.1) is 6.92 Å². The van der Waals surface area contributed by atoms with Crippen molar-refractivity contribution in [2.24, 2.45) is 7.05 Å². The van der Waals surface area contributed by atoms with E-state index in [4.69, 9.17) is 0 Å². The van der Waals surface area contributed by atoms with Gasteiger partial charge in [-0.1, -0.05) is 0 Å². The summed E-state index contributed by atoms with van der Waals surface area (Å²) in [7, 11) is 1.77. The molecule has 0 saturated carbocycles. The molecule has 0 N–H and O–H groups in total. The number of alkyl halides is 3. The average Bonchev–Trinajstić information content (AvgIpc) is 3.35. The van der Waals surface area contributed by atoms with E-state index in [-0.39, 0.29) is 11.5 Å². The molecule has 0 bridgehead atoms. The van der Waals surface area contributed by atoms with E-state index in [1.807, 2.05) is 0 Å². The van der Waals surface area contributed by atoms with Gasteiger partial charge in [-0.15, -0.1) is 0 Å². The number of carbonyl (C=O) groups excluding carboxylic acids is 1. The summed E-state index contributed by atoms with van der Waals surface area (Å²) in [5.41, 5.74) is 1.97. The van der Waals surface area contributed by atoms with Crippen LogP contribution in [0.2, 0.25) is 0 Å². The highest BCUT2D eigenvalue weighted by atomic mass is 19.4. The Balaban J connectivity index is 1.55. The zero-order valence-corrected chi connectivity index (χ0v) is 18.8. The Bertz CT molecular complexity index is 1490. The topological polar surface area (TPSA) is 65.1 Å². The van der Waals surface area contributed by atoms with Crippen LogP contribution in [0.15, 0.2) is 54.0 Å². The molecule has 1 aliphatic rings. The number of pyridine rings is 1. The van der Waals surface area contributed by atoms with Gasteiger partial charge in [0.1, 0.15) is 5.69 Å². The molecular formula is C24H22F3N5O2. The summed E-state index contributed by atoms with van der Waals surface area (Å²) in [5, 5.41) is 0.456. The Hall–Kier alpha value is -3.82. The number of benzene rings is 1. The first-order valence-electron chi connectivity index (χ1n) is 10.8. The lowest BCUT2D eigenvalue weighted by Gasteiger charge is -2.34. The molecule has 0 spiro atoms.